The maximum Gasteiger partial charge on any atom is 0.253 e. The van der Waals surface area contributed by atoms with Crippen molar-refractivity contribution in [3.63, 3.8) is 0 Å². The third kappa shape index (κ3) is 6.95. The molecule has 184 valence electrons. The third-order valence-corrected chi connectivity index (χ3v) is 7.33. The lowest BCUT2D eigenvalue weighted by Crippen LogP contribution is -2.41. The van der Waals surface area contributed by atoms with E-state index in [0.29, 0.717) is 22.2 Å². The Kier molecular flexibility index (Phi) is 9.77. The van der Waals surface area contributed by atoms with Gasteiger partial charge in [-0.2, -0.15) is 0 Å². The van der Waals surface area contributed by atoms with Crippen LogP contribution in [0.5, 0.6) is 0 Å². The zero-order valence-electron chi connectivity index (χ0n) is 20.0. The Morgan fingerprint density at radius 3 is 2.35 bits per heavy atom. The van der Waals surface area contributed by atoms with Crippen molar-refractivity contribution in [1.82, 2.24) is 14.9 Å². The predicted octanol–water partition coefficient (Wildman–Crippen LogP) is 4.97. The second kappa shape index (κ2) is 12.5. The zero-order valence-corrected chi connectivity index (χ0v) is 21.6. The molecule has 34 heavy (non-hydrogen) atoms. The van der Waals surface area contributed by atoms with Gasteiger partial charge >= 0.3 is 0 Å². The second-order valence-corrected chi connectivity index (χ2v) is 9.66. The van der Waals surface area contributed by atoms with Crippen LogP contribution in [0.3, 0.4) is 0 Å². The lowest BCUT2D eigenvalue weighted by atomic mass is 9.92. The summed E-state index contributed by atoms with van der Waals surface area (Å²) in [6, 6.07) is 15.0. The lowest BCUT2D eigenvalue weighted by molar-refractivity contribution is -0.174. The van der Waals surface area contributed by atoms with E-state index in [4.69, 9.17) is 28.0 Å². The van der Waals surface area contributed by atoms with Gasteiger partial charge in [0.05, 0.1) is 17.2 Å². The van der Waals surface area contributed by atoms with Crippen LogP contribution in [0.2, 0.25) is 10.0 Å². The molecule has 1 fully saturated rings. The number of hydrogen-bond donors (Lipinski definition) is 0. The minimum atomic E-state index is -0.00718. The summed E-state index contributed by atoms with van der Waals surface area (Å²) >= 11 is 12.5. The Balaban J connectivity index is 1.64. The van der Waals surface area contributed by atoms with E-state index in [2.05, 4.69) is 4.90 Å². The molecule has 2 aromatic carbocycles. The predicted molar refractivity (Wildman–Crippen MR) is 136 cm³/mol. The summed E-state index contributed by atoms with van der Waals surface area (Å²) in [5, 5.41) is 2.36. The van der Waals surface area contributed by atoms with Crippen LogP contribution in [0, 0.1) is 5.92 Å². The van der Waals surface area contributed by atoms with Crippen LogP contribution in [-0.2, 0) is 9.63 Å². The van der Waals surface area contributed by atoms with Crippen LogP contribution < -0.4 is 0 Å². The first-order valence-electron chi connectivity index (χ1n) is 11.6. The normalized spacial score (nSPS) is 15.7. The molecule has 0 aliphatic carbocycles. The van der Waals surface area contributed by atoms with Gasteiger partial charge in [0.2, 0.25) is 5.91 Å². The van der Waals surface area contributed by atoms with E-state index < -0.39 is 0 Å². The molecule has 1 heterocycles. The third-order valence-electron chi connectivity index (χ3n) is 6.59. The zero-order chi connectivity index (χ0) is 24.7. The number of carbonyl (C=O) groups is 2. The van der Waals surface area contributed by atoms with Crippen molar-refractivity contribution >= 4 is 35.0 Å². The van der Waals surface area contributed by atoms with Crippen molar-refractivity contribution in [3.05, 3.63) is 69.7 Å². The standard InChI is InChI=1S/C26H33Cl2N3O3/c1-29(25(32)19-7-5-4-6-8-19)18-22(21-9-10-23(27)24(28)17-21)13-16-31-14-11-20(12-15-31)26(33)30(2)34-3/h4-10,17,20,22H,11-16,18H2,1-3H3/t22-/m1/s1. The van der Waals surface area contributed by atoms with Crippen molar-refractivity contribution in [1.29, 1.82) is 0 Å². The van der Waals surface area contributed by atoms with Gasteiger partial charge in [0.15, 0.2) is 0 Å². The molecule has 0 unspecified atom stereocenters. The average molecular weight is 506 g/mol. The number of carbonyl (C=O) groups excluding carboxylic acids is 2. The summed E-state index contributed by atoms with van der Waals surface area (Å²) in [5.41, 5.74) is 1.74. The molecular weight excluding hydrogens is 473 g/mol. The molecule has 0 saturated carbocycles. The maximum absolute atomic E-state index is 12.9. The molecule has 1 saturated heterocycles. The van der Waals surface area contributed by atoms with Crippen molar-refractivity contribution < 1.29 is 14.4 Å². The molecule has 0 N–H and O–H groups in total. The minimum absolute atomic E-state index is 0.00157. The molecule has 2 amide bonds. The summed E-state index contributed by atoms with van der Waals surface area (Å²) in [7, 11) is 5.00. The summed E-state index contributed by atoms with van der Waals surface area (Å²) < 4.78 is 0. The maximum atomic E-state index is 12.9. The van der Waals surface area contributed by atoms with Gasteiger partial charge in [0, 0.05) is 38.0 Å². The average Bonchev–Trinajstić information content (AvgIpc) is 2.87. The van der Waals surface area contributed by atoms with Gasteiger partial charge in [-0.05, 0) is 68.7 Å². The number of hydroxylamine groups is 2. The molecule has 0 radical (unpaired) electrons. The molecule has 1 atom stereocenters. The van der Waals surface area contributed by atoms with Crippen molar-refractivity contribution in [2.24, 2.45) is 5.92 Å². The van der Waals surface area contributed by atoms with Gasteiger partial charge in [-0.3, -0.25) is 14.4 Å². The van der Waals surface area contributed by atoms with E-state index in [1.165, 1.54) is 12.2 Å². The Morgan fingerprint density at radius 1 is 1.06 bits per heavy atom. The number of hydrogen-bond acceptors (Lipinski definition) is 4. The fourth-order valence-corrected chi connectivity index (χ4v) is 4.74. The molecule has 1 aliphatic rings. The molecule has 1 aliphatic heterocycles. The van der Waals surface area contributed by atoms with Crippen molar-refractivity contribution in [3.8, 4) is 0 Å². The molecular formula is C26H33Cl2N3O3. The Labute approximate surface area is 212 Å². The summed E-state index contributed by atoms with van der Waals surface area (Å²) in [6.45, 7) is 3.17. The van der Waals surface area contributed by atoms with E-state index in [0.717, 1.165) is 44.5 Å². The number of amides is 2. The highest BCUT2D eigenvalue weighted by Crippen LogP contribution is 2.30. The fourth-order valence-electron chi connectivity index (χ4n) is 4.43. The van der Waals surface area contributed by atoms with Gasteiger partial charge in [-0.15, -0.1) is 0 Å². The number of nitrogens with zero attached hydrogens (tertiary/aromatic N) is 3. The van der Waals surface area contributed by atoms with Crippen LogP contribution in [0.15, 0.2) is 48.5 Å². The molecule has 3 rings (SSSR count). The summed E-state index contributed by atoms with van der Waals surface area (Å²) in [4.78, 5) is 34.5. The van der Waals surface area contributed by atoms with E-state index in [9.17, 15) is 9.59 Å². The van der Waals surface area contributed by atoms with E-state index in [1.807, 2.05) is 55.6 Å². The van der Waals surface area contributed by atoms with Crippen LogP contribution in [0.1, 0.15) is 41.1 Å². The van der Waals surface area contributed by atoms with Crippen molar-refractivity contribution in [2.75, 3.05) is 47.4 Å². The summed E-state index contributed by atoms with van der Waals surface area (Å²) in [5.74, 6) is 0.136. The first kappa shape index (κ1) is 26.5. The first-order chi connectivity index (χ1) is 16.3. The molecule has 8 heteroatoms. The van der Waals surface area contributed by atoms with Gasteiger partial charge in [-0.25, -0.2) is 5.06 Å². The molecule has 0 aromatic heterocycles. The minimum Gasteiger partial charge on any atom is -0.341 e. The van der Waals surface area contributed by atoms with Crippen LogP contribution >= 0.6 is 23.2 Å². The van der Waals surface area contributed by atoms with E-state index in [1.54, 1.807) is 11.9 Å². The SMILES string of the molecule is CON(C)C(=O)C1CCN(CC[C@H](CN(C)C(=O)c2ccccc2)c2ccc(Cl)c(Cl)c2)CC1. The molecule has 6 nitrogen and oxygen atoms in total. The number of rotatable bonds is 9. The highest BCUT2D eigenvalue weighted by molar-refractivity contribution is 6.42. The summed E-state index contributed by atoms with van der Waals surface area (Å²) in [6.07, 6.45) is 2.49. The second-order valence-electron chi connectivity index (χ2n) is 8.85. The number of halogens is 2. The highest BCUT2D eigenvalue weighted by atomic mass is 35.5. The van der Waals surface area contributed by atoms with E-state index >= 15 is 0 Å². The van der Waals surface area contributed by atoms with Crippen LogP contribution in [-0.4, -0.2) is 74.1 Å². The van der Waals surface area contributed by atoms with E-state index in [-0.39, 0.29) is 23.7 Å². The van der Waals surface area contributed by atoms with Gasteiger partial charge in [0.25, 0.3) is 5.91 Å². The molecule has 2 aromatic rings. The number of piperidine rings is 1. The largest absolute Gasteiger partial charge is 0.341 e. The Bertz CT molecular complexity index is 965. The lowest BCUT2D eigenvalue weighted by Gasteiger charge is -2.34. The smallest absolute Gasteiger partial charge is 0.253 e. The van der Waals surface area contributed by atoms with Crippen molar-refractivity contribution in [2.45, 2.75) is 25.2 Å². The van der Waals surface area contributed by atoms with Gasteiger partial charge in [-0.1, -0.05) is 47.5 Å². The number of likely N-dealkylation sites (N-methyl/N-ethyl adjacent to an activating group) is 1. The number of likely N-dealkylation sites (tertiary alicyclic amines) is 1. The number of benzene rings is 2. The molecule has 0 spiro atoms. The Morgan fingerprint density at radius 2 is 1.74 bits per heavy atom. The highest BCUT2D eigenvalue weighted by Gasteiger charge is 2.28. The monoisotopic (exact) mass is 505 g/mol. The first-order valence-corrected chi connectivity index (χ1v) is 12.3. The van der Waals surface area contributed by atoms with Gasteiger partial charge < -0.3 is 9.80 Å². The Hall–Kier alpha value is -2.12. The fraction of sp³-hybridized carbons (Fsp3) is 0.462. The molecule has 0 bridgehead atoms. The van der Waals surface area contributed by atoms with Gasteiger partial charge in [0.1, 0.15) is 0 Å². The topological polar surface area (TPSA) is 53.1 Å². The van der Waals surface area contributed by atoms with Crippen LogP contribution in [0.4, 0.5) is 0 Å². The van der Waals surface area contributed by atoms with Crippen LogP contribution in [0.25, 0.3) is 0 Å². The quantitative estimate of drug-likeness (QED) is 0.451.